The predicted octanol–water partition coefficient (Wildman–Crippen LogP) is 6.68. The third-order valence-corrected chi connectivity index (χ3v) is 4.32. The Morgan fingerprint density at radius 1 is 1.12 bits per heavy atom. The minimum atomic E-state index is -4.53. The molecule has 2 aromatic rings. The molecule has 0 aliphatic heterocycles. The highest BCUT2D eigenvalue weighted by Crippen LogP contribution is 2.36. The van der Waals surface area contributed by atoms with Crippen molar-refractivity contribution in [1.82, 2.24) is 0 Å². The molecule has 7 heteroatoms. The summed E-state index contributed by atoms with van der Waals surface area (Å²) in [7, 11) is 0. The van der Waals surface area contributed by atoms with Crippen LogP contribution in [-0.4, -0.2) is 5.11 Å². The molecule has 1 unspecified atom stereocenters. The smallest absolute Gasteiger partial charge is 0.332 e. The first-order chi connectivity index (χ1) is 11.7. The monoisotopic (exact) mass is 386 g/mol. The van der Waals surface area contributed by atoms with E-state index in [9.17, 15) is 13.2 Å². The summed E-state index contributed by atoms with van der Waals surface area (Å²) in [6, 6.07) is 11.1. The lowest BCUT2D eigenvalue weighted by atomic mass is 9.99. The maximum Gasteiger partial charge on any atom is 0.418 e. The van der Waals surface area contributed by atoms with Crippen molar-refractivity contribution >= 4 is 40.3 Å². The quantitative estimate of drug-likeness (QED) is 0.573. The molecule has 0 bridgehead atoms. The van der Waals surface area contributed by atoms with Gasteiger partial charge in [-0.1, -0.05) is 37.6 Å². The van der Waals surface area contributed by atoms with Gasteiger partial charge in [-0.05, 0) is 60.5 Å². The van der Waals surface area contributed by atoms with Crippen molar-refractivity contribution < 1.29 is 13.2 Å². The Hall–Kier alpha value is -1.79. The van der Waals surface area contributed by atoms with E-state index in [0.29, 0.717) is 11.6 Å². The van der Waals surface area contributed by atoms with Crippen LogP contribution >= 0.6 is 23.8 Å². The predicted molar refractivity (Wildman–Crippen MR) is 101 cm³/mol. The average molecular weight is 387 g/mol. The number of nitrogens with one attached hydrogen (secondary N) is 2. The van der Waals surface area contributed by atoms with Crippen molar-refractivity contribution in [2.24, 2.45) is 0 Å². The molecule has 1 atom stereocenters. The molecule has 0 aliphatic rings. The van der Waals surface area contributed by atoms with E-state index in [1.54, 1.807) is 0 Å². The molecule has 2 N–H and O–H groups in total. The van der Waals surface area contributed by atoms with Crippen molar-refractivity contribution in [1.29, 1.82) is 0 Å². The Kier molecular flexibility index (Phi) is 6.30. The Bertz CT molecular complexity index is 745. The van der Waals surface area contributed by atoms with Gasteiger partial charge in [0.15, 0.2) is 5.11 Å². The van der Waals surface area contributed by atoms with Gasteiger partial charge >= 0.3 is 6.18 Å². The van der Waals surface area contributed by atoms with Gasteiger partial charge < -0.3 is 10.6 Å². The number of thiocarbonyl (C=S) groups is 1. The van der Waals surface area contributed by atoms with E-state index in [0.717, 1.165) is 12.5 Å². The normalized spacial score (nSPS) is 12.6. The minimum absolute atomic E-state index is 0.0115. The molecule has 2 rings (SSSR count). The van der Waals surface area contributed by atoms with Crippen LogP contribution in [0.15, 0.2) is 42.5 Å². The summed E-state index contributed by atoms with van der Waals surface area (Å²) in [5, 5.41) is 5.56. The third kappa shape index (κ3) is 5.34. The van der Waals surface area contributed by atoms with Crippen molar-refractivity contribution in [3.05, 3.63) is 58.6 Å². The fraction of sp³-hybridized carbons (Fsp3) is 0.278. The summed E-state index contributed by atoms with van der Waals surface area (Å²) < 4.78 is 39.3. The Morgan fingerprint density at radius 2 is 1.76 bits per heavy atom. The molecule has 2 aromatic carbocycles. The lowest BCUT2D eigenvalue weighted by molar-refractivity contribution is -0.136. The number of benzene rings is 2. The summed E-state index contributed by atoms with van der Waals surface area (Å²) in [4.78, 5) is 0. The zero-order valence-corrected chi connectivity index (χ0v) is 15.3. The van der Waals surface area contributed by atoms with Gasteiger partial charge in [-0.15, -0.1) is 0 Å². The van der Waals surface area contributed by atoms with Gasteiger partial charge in [-0.25, -0.2) is 0 Å². The molecule has 0 aliphatic carbocycles. The highest BCUT2D eigenvalue weighted by atomic mass is 35.5. The molecule has 0 aromatic heterocycles. The lowest BCUT2D eigenvalue weighted by Gasteiger charge is -2.16. The second-order valence-electron chi connectivity index (χ2n) is 5.70. The third-order valence-electron chi connectivity index (χ3n) is 3.89. The minimum Gasteiger partial charge on any atom is -0.332 e. The maximum absolute atomic E-state index is 13.1. The molecular formula is C18H18ClF3N2S. The van der Waals surface area contributed by atoms with E-state index >= 15 is 0 Å². The van der Waals surface area contributed by atoms with E-state index in [2.05, 4.69) is 24.5 Å². The SMILES string of the molecule is CCC(C)c1ccc(NC(=S)Nc2ccc(Cl)cc2C(F)(F)F)cc1. The first kappa shape index (κ1) is 19.5. The molecule has 0 saturated heterocycles. The number of alkyl halides is 3. The molecule has 25 heavy (non-hydrogen) atoms. The molecule has 0 fully saturated rings. The van der Waals surface area contributed by atoms with Crippen molar-refractivity contribution in [3.8, 4) is 0 Å². The summed E-state index contributed by atoms with van der Waals surface area (Å²) >= 11 is 10.8. The van der Waals surface area contributed by atoms with Crippen molar-refractivity contribution in [3.63, 3.8) is 0 Å². The van der Waals surface area contributed by atoms with Crippen molar-refractivity contribution in [2.45, 2.75) is 32.4 Å². The van der Waals surface area contributed by atoms with Crippen LogP contribution < -0.4 is 10.6 Å². The van der Waals surface area contributed by atoms with Crippen LogP contribution in [0.25, 0.3) is 0 Å². The number of hydrogen-bond acceptors (Lipinski definition) is 1. The number of halogens is 4. The number of anilines is 2. The van der Waals surface area contributed by atoms with Crippen LogP contribution in [0.1, 0.15) is 37.3 Å². The summed E-state index contributed by atoms with van der Waals surface area (Å²) in [6.45, 7) is 4.24. The summed E-state index contributed by atoms with van der Waals surface area (Å²) in [6.07, 6.45) is -3.50. The van der Waals surface area contributed by atoms with Gasteiger partial charge in [0.1, 0.15) is 0 Å². The van der Waals surface area contributed by atoms with E-state index < -0.39 is 11.7 Å². The van der Waals surface area contributed by atoms with Crippen LogP contribution in [0.2, 0.25) is 5.02 Å². The highest BCUT2D eigenvalue weighted by molar-refractivity contribution is 7.80. The number of rotatable bonds is 4. The van der Waals surface area contributed by atoms with Gasteiger partial charge in [-0.3, -0.25) is 0 Å². The molecule has 0 heterocycles. The average Bonchev–Trinajstić information content (AvgIpc) is 2.55. The van der Waals surface area contributed by atoms with Crippen LogP contribution in [-0.2, 0) is 6.18 Å². The second-order valence-corrected chi connectivity index (χ2v) is 6.54. The molecule has 0 saturated carbocycles. The van der Waals surface area contributed by atoms with Gasteiger partial charge in [0, 0.05) is 10.7 Å². The fourth-order valence-electron chi connectivity index (χ4n) is 2.28. The first-order valence-corrected chi connectivity index (χ1v) is 8.54. The maximum atomic E-state index is 13.1. The molecule has 0 radical (unpaired) electrons. The van der Waals surface area contributed by atoms with E-state index in [1.807, 2.05) is 24.3 Å². The van der Waals surface area contributed by atoms with E-state index in [4.69, 9.17) is 23.8 Å². The van der Waals surface area contributed by atoms with Crippen LogP contribution in [0.5, 0.6) is 0 Å². The highest BCUT2D eigenvalue weighted by Gasteiger charge is 2.34. The summed E-state index contributed by atoms with van der Waals surface area (Å²) in [5.74, 6) is 0.447. The second kappa shape index (κ2) is 8.06. The Labute approximate surface area is 155 Å². The first-order valence-electron chi connectivity index (χ1n) is 7.75. The van der Waals surface area contributed by atoms with E-state index in [-0.39, 0.29) is 15.8 Å². The largest absolute Gasteiger partial charge is 0.418 e. The van der Waals surface area contributed by atoms with Gasteiger partial charge in [0.05, 0.1) is 11.3 Å². The summed E-state index contributed by atoms with van der Waals surface area (Å²) in [5.41, 5.74) is 0.887. The standard InChI is InChI=1S/C18H18ClF3N2S/c1-3-11(2)12-4-7-14(8-5-12)23-17(25)24-16-9-6-13(19)10-15(16)18(20,21)22/h4-11H,3H2,1-2H3,(H2,23,24,25). The van der Waals surface area contributed by atoms with Crippen molar-refractivity contribution in [2.75, 3.05) is 10.6 Å². The molecule has 0 spiro atoms. The molecule has 134 valence electrons. The zero-order chi connectivity index (χ0) is 18.6. The van der Waals surface area contributed by atoms with E-state index in [1.165, 1.54) is 17.7 Å². The Morgan fingerprint density at radius 3 is 2.32 bits per heavy atom. The molecule has 0 amide bonds. The topological polar surface area (TPSA) is 24.1 Å². The molecular weight excluding hydrogens is 369 g/mol. The van der Waals surface area contributed by atoms with Crippen LogP contribution in [0, 0.1) is 0 Å². The Balaban J connectivity index is 2.11. The van der Waals surface area contributed by atoms with Gasteiger partial charge in [0.2, 0.25) is 0 Å². The van der Waals surface area contributed by atoms with Crippen LogP contribution in [0.4, 0.5) is 24.5 Å². The lowest BCUT2D eigenvalue weighted by Crippen LogP contribution is -2.21. The van der Waals surface area contributed by atoms with Crippen LogP contribution in [0.3, 0.4) is 0 Å². The zero-order valence-electron chi connectivity index (χ0n) is 13.7. The van der Waals surface area contributed by atoms with Gasteiger partial charge in [-0.2, -0.15) is 13.2 Å². The van der Waals surface area contributed by atoms with Gasteiger partial charge in [0.25, 0.3) is 0 Å². The number of hydrogen-bond donors (Lipinski definition) is 2. The molecule has 2 nitrogen and oxygen atoms in total. The fourth-order valence-corrected chi connectivity index (χ4v) is 2.68.